The summed E-state index contributed by atoms with van der Waals surface area (Å²) in [6.07, 6.45) is -0.319. The molecule has 1 aliphatic rings. The molecule has 5 nitrogen and oxygen atoms in total. The van der Waals surface area contributed by atoms with Gasteiger partial charge in [-0.2, -0.15) is 0 Å². The highest BCUT2D eigenvalue weighted by Crippen LogP contribution is 2.31. The van der Waals surface area contributed by atoms with Crippen molar-refractivity contribution < 1.29 is 13.9 Å². The number of thioether (sulfide) groups is 1. The summed E-state index contributed by atoms with van der Waals surface area (Å²) in [5.74, 6) is 1.66. The molecule has 5 rings (SSSR count). The zero-order valence-corrected chi connectivity index (χ0v) is 17.3. The van der Waals surface area contributed by atoms with E-state index in [1.807, 2.05) is 42.5 Å². The maximum Gasteiger partial charge on any atom is 0.262 e. The van der Waals surface area contributed by atoms with Crippen LogP contribution in [0.1, 0.15) is 5.56 Å². The molecular formula is C24H19FN2O3S. The minimum Gasteiger partial charge on any atom is -0.486 e. The summed E-state index contributed by atoms with van der Waals surface area (Å²) in [5, 5.41) is 1.15. The fourth-order valence-electron chi connectivity index (χ4n) is 3.50. The first kappa shape index (κ1) is 19.6. The molecule has 0 bridgehead atoms. The first-order valence-electron chi connectivity index (χ1n) is 9.93. The van der Waals surface area contributed by atoms with Crippen LogP contribution in [-0.2, 0) is 12.3 Å². The summed E-state index contributed by atoms with van der Waals surface area (Å²) < 4.78 is 26.8. The minimum absolute atomic E-state index is 0.116. The fraction of sp³-hybridized carbons (Fsp3) is 0.167. The van der Waals surface area contributed by atoms with Gasteiger partial charge in [0, 0.05) is 5.75 Å². The fourth-order valence-corrected chi connectivity index (χ4v) is 4.47. The van der Waals surface area contributed by atoms with E-state index in [9.17, 15) is 9.18 Å². The van der Waals surface area contributed by atoms with Crippen LogP contribution in [0.25, 0.3) is 10.9 Å². The molecule has 31 heavy (non-hydrogen) atoms. The standard InChI is InChI=1S/C24H19FN2O3S/c25-17-11-9-16(10-12-17)15-31-24-26-20-6-2-1-5-19(20)23(28)27(24)13-18-14-29-21-7-3-4-8-22(21)30-18/h1-12,18H,13-15H2/t18-/m0/s1. The Labute approximate surface area is 182 Å². The maximum atomic E-state index is 13.3. The van der Waals surface area contributed by atoms with Crippen LogP contribution >= 0.6 is 11.8 Å². The first-order chi connectivity index (χ1) is 15.2. The van der Waals surface area contributed by atoms with Crippen molar-refractivity contribution in [1.82, 2.24) is 9.55 Å². The topological polar surface area (TPSA) is 53.4 Å². The number of fused-ring (bicyclic) bond motifs is 2. The van der Waals surface area contributed by atoms with Gasteiger partial charge in [0.25, 0.3) is 5.56 Å². The van der Waals surface area contributed by atoms with Gasteiger partial charge < -0.3 is 9.47 Å². The van der Waals surface area contributed by atoms with Crippen molar-refractivity contribution in [2.45, 2.75) is 23.6 Å². The zero-order valence-electron chi connectivity index (χ0n) is 16.5. The molecule has 0 spiro atoms. The zero-order chi connectivity index (χ0) is 21.2. The van der Waals surface area contributed by atoms with Gasteiger partial charge in [-0.15, -0.1) is 0 Å². The van der Waals surface area contributed by atoms with Crippen LogP contribution in [0.4, 0.5) is 4.39 Å². The monoisotopic (exact) mass is 434 g/mol. The minimum atomic E-state index is -0.319. The number of benzene rings is 3. The van der Waals surface area contributed by atoms with Gasteiger partial charge in [-0.05, 0) is 42.0 Å². The van der Waals surface area contributed by atoms with Gasteiger partial charge in [-0.25, -0.2) is 9.37 Å². The normalized spacial score (nSPS) is 15.2. The van der Waals surface area contributed by atoms with Crippen LogP contribution in [0.3, 0.4) is 0 Å². The Morgan fingerprint density at radius 3 is 2.58 bits per heavy atom. The van der Waals surface area contributed by atoms with Crippen molar-refractivity contribution in [3.63, 3.8) is 0 Å². The lowest BCUT2D eigenvalue weighted by atomic mass is 10.2. The van der Waals surface area contributed by atoms with Crippen molar-refractivity contribution in [3.8, 4) is 11.5 Å². The summed E-state index contributed by atoms with van der Waals surface area (Å²) in [4.78, 5) is 18.0. The van der Waals surface area contributed by atoms with Crippen molar-refractivity contribution in [2.75, 3.05) is 6.61 Å². The molecule has 1 aromatic heterocycles. The molecule has 4 aromatic rings. The number of nitrogens with zero attached hydrogens (tertiary/aromatic N) is 2. The van der Waals surface area contributed by atoms with E-state index < -0.39 is 0 Å². The van der Waals surface area contributed by atoms with Crippen molar-refractivity contribution in [3.05, 3.63) is 94.5 Å². The van der Waals surface area contributed by atoms with Crippen LogP contribution in [0, 0.1) is 5.82 Å². The van der Waals surface area contributed by atoms with Crippen LogP contribution < -0.4 is 15.0 Å². The lowest BCUT2D eigenvalue weighted by molar-refractivity contribution is 0.0757. The van der Waals surface area contributed by atoms with E-state index in [4.69, 9.17) is 14.5 Å². The van der Waals surface area contributed by atoms with Crippen LogP contribution in [0.15, 0.2) is 82.7 Å². The molecule has 7 heteroatoms. The van der Waals surface area contributed by atoms with Crippen molar-refractivity contribution in [2.24, 2.45) is 0 Å². The third kappa shape index (κ3) is 4.14. The summed E-state index contributed by atoms with van der Waals surface area (Å²) in [6.45, 7) is 0.662. The molecule has 3 aromatic carbocycles. The molecule has 0 saturated heterocycles. The number of rotatable bonds is 5. The first-order valence-corrected chi connectivity index (χ1v) is 10.9. The lowest BCUT2D eigenvalue weighted by Gasteiger charge is -2.27. The average Bonchev–Trinajstić information content (AvgIpc) is 2.81. The Morgan fingerprint density at radius 2 is 1.74 bits per heavy atom. The Morgan fingerprint density at radius 1 is 1.00 bits per heavy atom. The van der Waals surface area contributed by atoms with Crippen molar-refractivity contribution in [1.29, 1.82) is 0 Å². The van der Waals surface area contributed by atoms with Gasteiger partial charge in [0.15, 0.2) is 22.8 Å². The smallest absolute Gasteiger partial charge is 0.262 e. The van der Waals surface area contributed by atoms with Crippen LogP contribution in [0.5, 0.6) is 11.5 Å². The Balaban J connectivity index is 1.46. The molecule has 0 fully saturated rings. The van der Waals surface area contributed by atoms with Gasteiger partial charge in [0.2, 0.25) is 0 Å². The molecule has 2 heterocycles. The van der Waals surface area contributed by atoms with E-state index in [1.54, 1.807) is 22.8 Å². The van der Waals surface area contributed by atoms with Gasteiger partial charge in [0.1, 0.15) is 12.4 Å². The predicted molar refractivity (Wildman–Crippen MR) is 118 cm³/mol. The molecule has 156 valence electrons. The molecule has 0 saturated carbocycles. The molecular weight excluding hydrogens is 415 g/mol. The highest BCUT2D eigenvalue weighted by molar-refractivity contribution is 7.98. The number of halogens is 1. The summed E-state index contributed by atoms with van der Waals surface area (Å²) >= 11 is 1.44. The van der Waals surface area contributed by atoms with Gasteiger partial charge >= 0.3 is 0 Å². The predicted octanol–water partition coefficient (Wildman–Crippen LogP) is 4.67. The molecule has 0 amide bonds. The van der Waals surface area contributed by atoms with Gasteiger partial charge in [-0.1, -0.05) is 48.2 Å². The average molecular weight is 434 g/mol. The van der Waals surface area contributed by atoms with Gasteiger partial charge in [-0.3, -0.25) is 9.36 Å². The molecule has 1 atom stereocenters. The number of para-hydroxylation sites is 3. The van der Waals surface area contributed by atoms with E-state index in [0.29, 0.717) is 46.5 Å². The summed E-state index contributed by atoms with van der Waals surface area (Å²) in [6, 6.07) is 21.1. The third-order valence-electron chi connectivity index (χ3n) is 5.06. The second kappa shape index (κ2) is 8.43. The highest BCUT2D eigenvalue weighted by Gasteiger charge is 2.23. The van der Waals surface area contributed by atoms with E-state index in [1.165, 1.54) is 23.9 Å². The molecule has 0 aliphatic carbocycles. The summed E-state index contributed by atoms with van der Waals surface area (Å²) in [5.41, 5.74) is 1.48. The van der Waals surface area contributed by atoms with Gasteiger partial charge in [0.05, 0.1) is 17.4 Å². The number of hydrogen-bond donors (Lipinski definition) is 0. The summed E-state index contributed by atoms with van der Waals surface area (Å²) in [7, 11) is 0. The third-order valence-corrected chi connectivity index (χ3v) is 6.11. The highest BCUT2D eigenvalue weighted by atomic mass is 32.2. The van der Waals surface area contributed by atoms with Crippen LogP contribution in [-0.4, -0.2) is 22.3 Å². The number of aromatic nitrogens is 2. The second-order valence-corrected chi connectivity index (χ2v) is 8.18. The quantitative estimate of drug-likeness (QED) is 0.338. The van der Waals surface area contributed by atoms with Crippen LogP contribution in [0.2, 0.25) is 0 Å². The molecule has 1 aliphatic heterocycles. The Kier molecular flexibility index (Phi) is 5.34. The van der Waals surface area contributed by atoms with Crippen molar-refractivity contribution >= 4 is 22.7 Å². The SMILES string of the molecule is O=c1c2ccccc2nc(SCc2ccc(F)cc2)n1C[C@H]1COc2ccccc2O1. The van der Waals surface area contributed by atoms with E-state index in [2.05, 4.69) is 0 Å². The lowest BCUT2D eigenvalue weighted by Crippen LogP contribution is -2.37. The van der Waals surface area contributed by atoms with E-state index in [-0.39, 0.29) is 17.5 Å². The molecule has 0 unspecified atom stereocenters. The number of ether oxygens (including phenoxy) is 2. The molecule has 0 N–H and O–H groups in total. The maximum absolute atomic E-state index is 13.3. The largest absolute Gasteiger partial charge is 0.486 e. The Hall–Kier alpha value is -3.32. The Bertz CT molecular complexity index is 1290. The molecule has 0 radical (unpaired) electrons. The number of hydrogen-bond acceptors (Lipinski definition) is 5. The van der Waals surface area contributed by atoms with E-state index in [0.717, 1.165) is 5.56 Å². The van der Waals surface area contributed by atoms with E-state index >= 15 is 0 Å². The second-order valence-electron chi connectivity index (χ2n) is 7.24.